The van der Waals surface area contributed by atoms with Crippen molar-refractivity contribution in [1.82, 2.24) is 9.80 Å². The van der Waals surface area contributed by atoms with Crippen molar-refractivity contribution < 1.29 is 19.5 Å². The molecule has 0 atom stereocenters. The standard InChI is InChI=1S/C14H17N3O4/c1-9-4-3-5-10(13(19)20)12(9)15-14(21)17-7-6-16(2)11(18)8-17/h3-5H,6-8H2,1-2H3,(H,15,21)(H,19,20). The third-order valence-corrected chi connectivity index (χ3v) is 3.48. The van der Waals surface area contributed by atoms with E-state index < -0.39 is 12.0 Å². The molecule has 1 aliphatic heterocycles. The molecule has 0 saturated carbocycles. The zero-order valence-corrected chi connectivity index (χ0v) is 11.9. The highest BCUT2D eigenvalue weighted by molar-refractivity contribution is 6.01. The van der Waals surface area contributed by atoms with Gasteiger partial charge in [-0.15, -0.1) is 0 Å². The fraction of sp³-hybridized carbons (Fsp3) is 0.357. The number of aryl methyl sites for hydroxylation is 1. The minimum Gasteiger partial charge on any atom is -0.478 e. The normalized spacial score (nSPS) is 15.0. The summed E-state index contributed by atoms with van der Waals surface area (Å²) in [6.07, 6.45) is 0. The van der Waals surface area contributed by atoms with Crippen molar-refractivity contribution in [2.75, 3.05) is 32.0 Å². The van der Waals surface area contributed by atoms with Crippen LogP contribution in [0.15, 0.2) is 18.2 Å². The summed E-state index contributed by atoms with van der Waals surface area (Å²) in [5, 5.41) is 11.8. The molecule has 7 heteroatoms. The Morgan fingerprint density at radius 2 is 2.00 bits per heavy atom. The fourth-order valence-electron chi connectivity index (χ4n) is 2.13. The van der Waals surface area contributed by atoms with Crippen LogP contribution in [0.4, 0.5) is 10.5 Å². The largest absolute Gasteiger partial charge is 0.478 e. The first kappa shape index (κ1) is 14.8. The van der Waals surface area contributed by atoms with Gasteiger partial charge >= 0.3 is 12.0 Å². The van der Waals surface area contributed by atoms with E-state index >= 15 is 0 Å². The Labute approximate surface area is 122 Å². The van der Waals surface area contributed by atoms with Crippen molar-refractivity contribution >= 4 is 23.6 Å². The van der Waals surface area contributed by atoms with Crippen LogP contribution in [0, 0.1) is 6.92 Å². The van der Waals surface area contributed by atoms with E-state index in [9.17, 15) is 14.4 Å². The molecule has 3 amide bonds. The quantitative estimate of drug-likeness (QED) is 0.850. The number of piperazine rings is 1. The van der Waals surface area contributed by atoms with Crippen molar-refractivity contribution in [2.45, 2.75) is 6.92 Å². The number of nitrogens with zero attached hydrogens (tertiary/aromatic N) is 2. The molecule has 2 rings (SSSR count). The van der Waals surface area contributed by atoms with Gasteiger partial charge in [0.15, 0.2) is 0 Å². The summed E-state index contributed by atoms with van der Waals surface area (Å²) in [5.41, 5.74) is 0.953. The highest BCUT2D eigenvalue weighted by Crippen LogP contribution is 2.21. The number of para-hydroxylation sites is 1. The highest BCUT2D eigenvalue weighted by Gasteiger charge is 2.26. The van der Waals surface area contributed by atoms with Gasteiger partial charge in [0.1, 0.15) is 6.54 Å². The predicted octanol–water partition coefficient (Wildman–Crippen LogP) is 0.999. The van der Waals surface area contributed by atoms with Crippen molar-refractivity contribution in [2.24, 2.45) is 0 Å². The first-order valence-corrected chi connectivity index (χ1v) is 6.53. The number of benzene rings is 1. The zero-order chi connectivity index (χ0) is 15.6. The van der Waals surface area contributed by atoms with Gasteiger partial charge in [-0.2, -0.15) is 0 Å². The average molecular weight is 291 g/mol. The molecule has 21 heavy (non-hydrogen) atoms. The average Bonchev–Trinajstić information content (AvgIpc) is 2.43. The maximum absolute atomic E-state index is 12.2. The van der Waals surface area contributed by atoms with Gasteiger partial charge in [-0.3, -0.25) is 4.79 Å². The van der Waals surface area contributed by atoms with Crippen LogP contribution in [0.1, 0.15) is 15.9 Å². The summed E-state index contributed by atoms with van der Waals surface area (Å²) >= 11 is 0. The predicted molar refractivity (Wildman–Crippen MR) is 76.4 cm³/mol. The lowest BCUT2D eigenvalue weighted by Crippen LogP contribution is -2.51. The summed E-state index contributed by atoms with van der Waals surface area (Å²) in [5.74, 6) is -1.25. The Morgan fingerprint density at radius 1 is 1.29 bits per heavy atom. The topological polar surface area (TPSA) is 89.9 Å². The van der Waals surface area contributed by atoms with Crippen LogP contribution in [0.3, 0.4) is 0 Å². The molecule has 0 aromatic heterocycles. The van der Waals surface area contributed by atoms with Gasteiger partial charge in [0, 0.05) is 20.1 Å². The van der Waals surface area contributed by atoms with Gasteiger partial charge in [-0.1, -0.05) is 12.1 Å². The molecule has 0 radical (unpaired) electrons. The molecule has 1 heterocycles. The lowest BCUT2D eigenvalue weighted by molar-refractivity contribution is -0.133. The second-order valence-corrected chi connectivity index (χ2v) is 4.97. The number of hydrogen-bond acceptors (Lipinski definition) is 3. The van der Waals surface area contributed by atoms with Crippen LogP contribution in [-0.2, 0) is 4.79 Å². The number of carbonyl (C=O) groups excluding carboxylic acids is 2. The summed E-state index contributed by atoms with van der Waals surface area (Å²) in [4.78, 5) is 37.9. The molecule has 1 aliphatic rings. The van der Waals surface area contributed by atoms with Crippen LogP contribution in [0.5, 0.6) is 0 Å². The number of urea groups is 1. The van der Waals surface area contributed by atoms with Crippen LogP contribution < -0.4 is 5.32 Å². The zero-order valence-electron chi connectivity index (χ0n) is 11.9. The molecule has 1 fully saturated rings. The highest BCUT2D eigenvalue weighted by atomic mass is 16.4. The number of nitrogens with one attached hydrogen (secondary N) is 1. The van der Waals surface area contributed by atoms with Crippen molar-refractivity contribution in [3.63, 3.8) is 0 Å². The maximum atomic E-state index is 12.2. The van der Waals surface area contributed by atoms with Gasteiger partial charge in [-0.05, 0) is 18.6 Å². The minimum absolute atomic E-state index is 0.00335. The Morgan fingerprint density at radius 3 is 2.62 bits per heavy atom. The van der Waals surface area contributed by atoms with Crippen molar-refractivity contribution in [3.8, 4) is 0 Å². The van der Waals surface area contributed by atoms with Gasteiger partial charge in [0.2, 0.25) is 5.91 Å². The Kier molecular flexibility index (Phi) is 4.11. The number of hydrogen-bond donors (Lipinski definition) is 2. The first-order valence-electron chi connectivity index (χ1n) is 6.53. The number of aromatic carboxylic acids is 1. The van der Waals surface area contributed by atoms with E-state index in [1.165, 1.54) is 11.0 Å². The SMILES string of the molecule is Cc1cccc(C(=O)O)c1NC(=O)N1CCN(C)C(=O)C1. The van der Waals surface area contributed by atoms with Crippen LogP contribution >= 0.6 is 0 Å². The minimum atomic E-state index is -1.11. The summed E-state index contributed by atoms with van der Waals surface area (Å²) in [7, 11) is 1.68. The van der Waals surface area contributed by atoms with Gasteiger partial charge in [0.05, 0.1) is 11.3 Å². The molecule has 1 saturated heterocycles. The van der Waals surface area contributed by atoms with E-state index in [0.717, 1.165) is 0 Å². The molecule has 7 nitrogen and oxygen atoms in total. The summed E-state index contributed by atoms with van der Waals surface area (Å²) in [6.45, 7) is 2.60. The molecular formula is C14H17N3O4. The molecule has 2 N–H and O–H groups in total. The number of rotatable bonds is 2. The second kappa shape index (κ2) is 5.82. The van der Waals surface area contributed by atoms with E-state index in [4.69, 9.17) is 5.11 Å². The third-order valence-electron chi connectivity index (χ3n) is 3.48. The lowest BCUT2D eigenvalue weighted by atomic mass is 10.1. The van der Waals surface area contributed by atoms with Gasteiger partial charge in [0.25, 0.3) is 0 Å². The van der Waals surface area contributed by atoms with Gasteiger partial charge in [-0.25, -0.2) is 9.59 Å². The number of anilines is 1. The van der Waals surface area contributed by atoms with E-state index in [1.807, 2.05) is 0 Å². The maximum Gasteiger partial charge on any atom is 0.337 e. The van der Waals surface area contributed by atoms with Crippen molar-refractivity contribution in [1.29, 1.82) is 0 Å². The van der Waals surface area contributed by atoms with E-state index in [2.05, 4.69) is 5.32 Å². The summed E-state index contributed by atoms with van der Waals surface area (Å²) in [6, 6.07) is 4.30. The molecule has 1 aromatic carbocycles. The number of likely N-dealkylation sites (N-methyl/N-ethyl adjacent to an activating group) is 1. The van der Waals surface area contributed by atoms with Gasteiger partial charge < -0.3 is 20.2 Å². The molecule has 1 aromatic rings. The lowest BCUT2D eigenvalue weighted by Gasteiger charge is -2.32. The molecule has 0 bridgehead atoms. The van der Waals surface area contributed by atoms with Crippen LogP contribution in [0.25, 0.3) is 0 Å². The third kappa shape index (κ3) is 3.13. The molecule has 0 aliphatic carbocycles. The Balaban J connectivity index is 2.17. The Hall–Kier alpha value is -2.57. The molecule has 112 valence electrons. The van der Waals surface area contributed by atoms with Crippen LogP contribution in [0.2, 0.25) is 0 Å². The van der Waals surface area contributed by atoms with Crippen LogP contribution in [-0.4, -0.2) is 59.5 Å². The molecule has 0 spiro atoms. The smallest absolute Gasteiger partial charge is 0.337 e. The second-order valence-electron chi connectivity index (χ2n) is 4.97. The molecular weight excluding hydrogens is 274 g/mol. The number of carboxylic acids is 1. The fourth-order valence-corrected chi connectivity index (χ4v) is 2.13. The van der Waals surface area contributed by atoms with E-state index in [-0.39, 0.29) is 23.7 Å². The number of carboxylic acid groups (broad SMARTS) is 1. The summed E-state index contributed by atoms with van der Waals surface area (Å²) < 4.78 is 0. The number of amides is 3. The van der Waals surface area contributed by atoms with E-state index in [0.29, 0.717) is 18.7 Å². The monoisotopic (exact) mass is 291 g/mol. The Bertz CT molecular complexity index is 600. The number of carbonyl (C=O) groups is 3. The van der Waals surface area contributed by atoms with Crippen molar-refractivity contribution in [3.05, 3.63) is 29.3 Å². The van der Waals surface area contributed by atoms with E-state index in [1.54, 1.807) is 31.0 Å². The first-order chi connectivity index (χ1) is 9.90. The molecule has 0 unspecified atom stereocenters.